The van der Waals surface area contributed by atoms with E-state index in [1.54, 1.807) is 24.7 Å². The Morgan fingerprint density at radius 3 is 2.53 bits per heavy atom. The van der Waals surface area contributed by atoms with Crippen LogP contribution in [-0.2, 0) is 11.8 Å². The lowest BCUT2D eigenvalue weighted by Crippen LogP contribution is -2.51. The van der Waals surface area contributed by atoms with E-state index in [9.17, 15) is 9.59 Å². The maximum Gasteiger partial charge on any atom is 0.329 e. The van der Waals surface area contributed by atoms with Crippen LogP contribution < -0.4 is 5.32 Å². The quantitative estimate of drug-likeness (QED) is 0.810. The molecule has 0 saturated carbocycles. The van der Waals surface area contributed by atoms with Crippen LogP contribution in [0.25, 0.3) is 0 Å². The number of aliphatic carboxylic acids is 1. The molecule has 1 atom stereocenters. The number of hydrogen-bond acceptors (Lipinski definition) is 3. The predicted octanol–water partition coefficient (Wildman–Crippen LogP) is 0.712. The van der Waals surface area contributed by atoms with Crippen LogP contribution in [0.5, 0.6) is 0 Å². The molecule has 1 aromatic heterocycles. The monoisotopic (exact) mass is 239 g/mol. The van der Waals surface area contributed by atoms with Gasteiger partial charge < -0.3 is 10.4 Å². The van der Waals surface area contributed by atoms with Gasteiger partial charge in [-0.15, -0.1) is 0 Å². The predicted molar refractivity (Wildman–Crippen MR) is 61.7 cm³/mol. The maximum atomic E-state index is 11.8. The first kappa shape index (κ1) is 13.2. The van der Waals surface area contributed by atoms with Crippen LogP contribution in [0.3, 0.4) is 0 Å². The number of carbonyl (C=O) groups excluding carboxylic acids is 1. The molecule has 2 N–H and O–H groups in total. The van der Waals surface area contributed by atoms with Crippen LogP contribution in [0, 0.1) is 6.92 Å². The molecule has 1 heterocycles. The molecule has 0 fully saturated rings. The molecule has 0 aliphatic heterocycles. The molecular formula is C11H17N3O3. The van der Waals surface area contributed by atoms with Crippen LogP contribution in [0.2, 0.25) is 0 Å². The minimum Gasteiger partial charge on any atom is -0.480 e. The van der Waals surface area contributed by atoms with Gasteiger partial charge in [0.2, 0.25) is 0 Å². The molecule has 1 rings (SSSR count). The Labute approximate surface area is 99.6 Å². The van der Waals surface area contributed by atoms with Crippen molar-refractivity contribution < 1.29 is 14.7 Å². The van der Waals surface area contributed by atoms with Gasteiger partial charge in [-0.25, -0.2) is 4.79 Å². The highest BCUT2D eigenvalue weighted by Crippen LogP contribution is 2.11. The van der Waals surface area contributed by atoms with E-state index < -0.39 is 17.4 Å². The molecule has 6 nitrogen and oxygen atoms in total. The number of carbonyl (C=O) groups is 2. The van der Waals surface area contributed by atoms with Crippen LogP contribution in [-0.4, -0.2) is 32.3 Å². The number of nitrogens with zero attached hydrogens (tertiary/aromatic N) is 2. The first-order chi connectivity index (χ1) is 7.80. The van der Waals surface area contributed by atoms with Crippen LogP contribution in [0.15, 0.2) is 6.07 Å². The van der Waals surface area contributed by atoms with Gasteiger partial charge in [-0.3, -0.25) is 9.48 Å². The summed E-state index contributed by atoms with van der Waals surface area (Å²) in [6, 6.07) is 1.62. The third-order valence-electron chi connectivity index (χ3n) is 2.91. The van der Waals surface area contributed by atoms with E-state index in [4.69, 9.17) is 5.11 Å². The van der Waals surface area contributed by atoms with Crippen molar-refractivity contribution in [1.82, 2.24) is 15.1 Å². The van der Waals surface area contributed by atoms with Gasteiger partial charge in [0.15, 0.2) is 0 Å². The second-order valence-corrected chi connectivity index (χ2v) is 4.24. The summed E-state index contributed by atoms with van der Waals surface area (Å²) < 4.78 is 1.57. The molecule has 1 aromatic rings. The van der Waals surface area contributed by atoms with Crippen molar-refractivity contribution >= 4 is 11.9 Å². The Morgan fingerprint density at radius 2 is 2.18 bits per heavy atom. The Bertz CT molecular complexity index is 433. The Hall–Kier alpha value is -1.85. The van der Waals surface area contributed by atoms with E-state index in [1.807, 2.05) is 6.92 Å². The van der Waals surface area contributed by atoms with Gasteiger partial charge in [0.05, 0.1) is 0 Å². The van der Waals surface area contributed by atoms with E-state index in [1.165, 1.54) is 6.92 Å². The number of hydrogen-bond donors (Lipinski definition) is 2. The highest BCUT2D eigenvalue weighted by Gasteiger charge is 2.33. The van der Waals surface area contributed by atoms with Crippen molar-refractivity contribution in [3.05, 3.63) is 17.5 Å². The molecule has 6 heteroatoms. The molecule has 0 aliphatic carbocycles. The molecule has 1 amide bonds. The van der Waals surface area contributed by atoms with Crippen molar-refractivity contribution in [3.8, 4) is 0 Å². The summed E-state index contributed by atoms with van der Waals surface area (Å²) in [7, 11) is 1.72. The zero-order valence-electron chi connectivity index (χ0n) is 10.4. The van der Waals surface area contributed by atoms with Crippen molar-refractivity contribution in [3.63, 3.8) is 0 Å². The average molecular weight is 239 g/mol. The zero-order valence-corrected chi connectivity index (χ0v) is 10.4. The van der Waals surface area contributed by atoms with E-state index >= 15 is 0 Å². The molecule has 0 aromatic carbocycles. The summed E-state index contributed by atoms with van der Waals surface area (Å²) in [4.78, 5) is 22.9. The van der Waals surface area contributed by atoms with Gasteiger partial charge in [0.1, 0.15) is 11.2 Å². The molecule has 0 spiro atoms. The number of aryl methyl sites for hydroxylation is 2. The van der Waals surface area contributed by atoms with E-state index in [2.05, 4.69) is 10.4 Å². The van der Waals surface area contributed by atoms with Crippen LogP contribution >= 0.6 is 0 Å². The van der Waals surface area contributed by atoms with Crippen LogP contribution in [0.4, 0.5) is 0 Å². The molecular weight excluding hydrogens is 222 g/mol. The first-order valence-electron chi connectivity index (χ1n) is 5.36. The smallest absolute Gasteiger partial charge is 0.329 e. The van der Waals surface area contributed by atoms with Gasteiger partial charge in [-0.1, -0.05) is 6.92 Å². The highest BCUT2D eigenvalue weighted by atomic mass is 16.4. The summed E-state index contributed by atoms with van der Waals surface area (Å²) in [5, 5.41) is 15.5. The molecule has 0 unspecified atom stereocenters. The number of carboxylic acid groups (broad SMARTS) is 1. The Kier molecular flexibility index (Phi) is 3.55. The highest BCUT2D eigenvalue weighted by molar-refractivity contribution is 5.96. The van der Waals surface area contributed by atoms with Crippen molar-refractivity contribution in [2.75, 3.05) is 0 Å². The summed E-state index contributed by atoms with van der Waals surface area (Å²) in [6.45, 7) is 5.00. The molecule has 0 saturated heterocycles. The first-order valence-corrected chi connectivity index (χ1v) is 5.36. The Balaban J connectivity index is 2.89. The summed E-state index contributed by atoms with van der Waals surface area (Å²) in [6.07, 6.45) is 0.305. The SMILES string of the molecule is CC[C@](C)(NC(=O)c1cc(C)n(C)n1)C(=O)O. The normalized spacial score (nSPS) is 14.1. The average Bonchev–Trinajstić information content (AvgIpc) is 2.59. The maximum absolute atomic E-state index is 11.8. The van der Waals surface area contributed by atoms with Gasteiger partial charge in [-0.05, 0) is 26.3 Å². The molecule has 17 heavy (non-hydrogen) atoms. The number of amides is 1. The number of carboxylic acids is 1. The second-order valence-electron chi connectivity index (χ2n) is 4.24. The molecule has 0 aliphatic rings. The topological polar surface area (TPSA) is 84.2 Å². The summed E-state index contributed by atoms with van der Waals surface area (Å²) in [5.74, 6) is -1.53. The fourth-order valence-corrected chi connectivity index (χ4v) is 1.28. The number of aromatic nitrogens is 2. The van der Waals surface area contributed by atoms with Crippen molar-refractivity contribution in [2.24, 2.45) is 7.05 Å². The lowest BCUT2D eigenvalue weighted by atomic mass is 9.99. The fraction of sp³-hybridized carbons (Fsp3) is 0.545. The van der Waals surface area contributed by atoms with E-state index in [0.717, 1.165) is 5.69 Å². The minimum absolute atomic E-state index is 0.228. The number of nitrogens with one attached hydrogen (secondary N) is 1. The van der Waals surface area contributed by atoms with Gasteiger partial charge in [0.25, 0.3) is 5.91 Å². The van der Waals surface area contributed by atoms with Gasteiger partial charge in [-0.2, -0.15) is 5.10 Å². The Morgan fingerprint density at radius 1 is 1.59 bits per heavy atom. The van der Waals surface area contributed by atoms with Gasteiger partial charge >= 0.3 is 5.97 Å². The number of rotatable bonds is 4. The van der Waals surface area contributed by atoms with E-state index in [0.29, 0.717) is 6.42 Å². The second kappa shape index (κ2) is 4.57. The summed E-state index contributed by atoms with van der Waals surface area (Å²) >= 11 is 0. The lowest BCUT2D eigenvalue weighted by Gasteiger charge is -2.23. The standard InChI is InChI=1S/C11H17N3O3/c1-5-11(3,10(16)17)12-9(15)8-6-7(2)14(4)13-8/h6H,5H2,1-4H3,(H,12,15)(H,16,17)/t11-/m0/s1. The minimum atomic E-state index is -1.26. The third-order valence-corrected chi connectivity index (χ3v) is 2.91. The molecule has 0 bridgehead atoms. The molecule has 94 valence electrons. The van der Waals surface area contributed by atoms with E-state index in [-0.39, 0.29) is 5.69 Å². The zero-order chi connectivity index (χ0) is 13.2. The van der Waals surface area contributed by atoms with Crippen molar-refractivity contribution in [1.29, 1.82) is 0 Å². The third kappa shape index (κ3) is 2.64. The van der Waals surface area contributed by atoms with Gasteiger partial charge in [0, 0.05) is 12.7 Å². The lowest BCUT2D eigenvalue weighted by molar-refractivity contribution is -0.143. The van der Waals surface area contributed by atoms with Crippen molar-refractivity contribution in [2.45, 2.75) is 32.7 Å². The molecule has 0 radical (unpaired) electrons. The fourth-order valence-electron chi connectivity index (χ4n) is 1.28. The van der Waals surface area contributed by atoms with Crippen LogP contribution in [0.1, 0.15) is 36.5 Å². The summed E-state index contributed by atoms with van der Waals surface area (Å²) in [5.41, 5.74) is -0.197. The largest absolute Gasteiger partial charge is 0.480 e.